The second-order valence-corrected chi connectivity index (χ2v) is 13.2. The maximum Gasteiger partial charge on any atom is 0.244 e. The molecule has 7 nitrogen and oxygen atoms in total. The first-order chi connectivity index (χ1) is 19.5. The zero-order valence-electron chi connectivity index (χ0n) is 24.5. The number of anilines is 1. The molecule has 0 saturated heterocycles. The Labute approximate surface area is 244 Å². The minimum absolute atomic E-state index is 0.0824. The second-order valence-electron chi connectivity index (χ2n) is 11.3. The van der Waals surface area contributed by atoms with Crippen LogP contribution in [0.1, 0.15) is 53.5 Å². The van der Waals surface area contributed by atoms with Gasteiger partial charge in [0.25, 0.3) is 0 Å². The van der Waals surface area contributed by atoms with E-state index in [1.54, 1.807) is 17.0 Å². The number of sulfonamides is 1. The number of hydrogen-bond acceptors (Lipinski definition) is 4. The molecule has 0 bridgehead atoms. The lowest BCUT2D eigenvalue weighted by Gasteiger charge is -2.34. The lowest BCUT2D eigenvalue weighted by atomic mass is 10.0. The molecule has 0 aliphatic heterocycles. The van der Waals surface area contributed by atoms with Crippen molar-refractivity contribution in [3.8, 4) is 0 Å². The molecule has 0 unspecified atom stereocenters. The summed E-state index contributed by atoms with van der Waals surface area (Å²) in [6, 6.07) is 22.2. The number of carbonyl (C=O) groups is 2. The molecule has 0 spiro atoms. The van der Waals surface area contributed by atoms with Gasteiger partial charge in [-0.05, 0) is 73.6 Å². The van der Waals surface area contributed by atoms with Gasteiger partial charge in [0.05, 0.1) is 11.9 Å². The van der Waals surface area contributed by atoms with Crippen molar-refractivity contribution >= 4 is 27.5 Å². The van der Waals surface area contributed by atoms with Crippen LogP contribution in [0.5, 0.6) is 0 Å². The Bertz CT molecular complexity index is 1450. The summed E-state index contributed by atoms with van der Waals surface area (Å²) >= 11 is 0. The van der Waals surface area contributed by atoms with E-state index in [2.05, 4.69) is 5.32 Å². The number of hydrogen-bond donors (Lipinski definition) is 1. The van der Waals surface area contributed by atoms with Crippen molar-refractivity contribution in [2.45, 2.75) is 71.5 Å². The summed E-state index contributed by atoms with van der Waals surface area (Å²) < 4.78 is 27.2. The van der Waals surface area contributed by atoms with Gasteiger partial charge in [-0.15, -0.1) is 0 Å². The van der Waals surface area contributed by atoms with E-state index in [-0.39, 0.29) is 18.5 Å². The number of nitrogens with zero attached hydrogens (tertiary/aromatic N) is 2. The normalized spacial score (nSPS) is 14.4. The molecule has 3 aromatic rings. The van der Waals surface area contributed by atoms with E-state index in [0.29, 0.717) is 12.1 Å². The Morgan fingerprint density at radius 2 is 1.51 bits per heavy atom. The van der Waals surface area contributed by atoms with Crippen molar-refractivity contribution in [2.75, 3.05) is 17.1 Å². The molecule has 4 rings (SSSR count). The number of nitrogens with one attached hydrogen (secondary N) is 1. The quantitative estimate of drug-likeness (QED) is 0.346. The Hall–Kier alpha value is -3.65. The molecule has 41 heavy (non-hydrogen) atoms. The van der Waals surface area contributed by atoms with Crippen LogP contribution in [-0.4, -0.2) is 50.0 Å². The molecule has 1 atom stereocenters. The predicted molar refractivity (Wildman–Crippen MR) is 164 cm³/mol. The Morgan fingerprint density at radius 3 is 2.12 bits per heavy atom. The Morgan fingerprint density at radius 1 is 0.902 bits per heavy atom. The maximum absolute atomic E-state index is 14.3. The molecule has 218 valence electrons. The minimum Gasteiger partial charge on any atom is -0.352 e. The first-order valence-corrected chi connectivity index (χ1v) is 16.1. The molecule has 0 aromatic heterocycles. The van der Waals surface area contributed by atoms with Crippen LogP contribution < -0.4 is 9.62 Å². The Balaban J connectivity index is 1.75. The van der Waals surface area contributed by atoms with Crippen molar-refractivity contribution in [3.05, 3.63) is 101 Å². The van der Waals surface area contributed by atoms with Crippen LogP contribution >= 0.6 is 0 Å². The summed E-state index contributed by atoms with van der Waals surface area (Å²) in [7, 11) is -3.80. The molecule has 1 fully saturated rings. The molecule has 1 N–H and O–H groups in total. The maximum atomic E-state index is 14.3. The number of carbonyl (C=O) groups excluding carboxylic acids is 2. The molecular weight excluding hydrogens is 534 g/mol. The van der Waals surface area contributed by atoms with Crippen LogP contribution in [0.15, 0.2) is 72.8 Å². The first kappa shape index (κ1) is 30.3. The lowest BCUT2D eigenvalue weighted by Crippen LogP contribution is -2.54. The molecule has 0 radical (unpaired) electrons. The second kappa shape index (κ2) is 13.3. The van der Waals surface area contributed by atoms with Crippen molar-refractivity contribution < 1.29 is 18.0 Å². The summed E-state index contributed by atoms with van der Waals surface area (Å²) in [4.78, 5) is 29.8. The number of amides is 2. The highest BCUT2D eigenvalue weighted by atomic mass is 32.2. The van der Waals surface area contributed by atoms with Gasteiger partial charge in [0.15, 0.2) is 0 Å². The van der Waals surface area contributed by atoms with E-state index >= 15 is 0 Å². The van der Waals surface area contributed by atoms with Crippen LogP contribution in [0.4, 0.5) is 5.69 Å². The smallest absolute Gasteiger partial charge is 0.244 e. The highest BCUT2D eigenvalue weighted by Crippen LogP contribution is 2.24. The monoisotopic (exact) mass is 575 g/mol. The lowest BCUT2D eigenvalue weighted by molar-refractivity contribution is -0.140. The third kappa shape index (κ3) is 8.19. The highest BCUT2D eigenvalue weighted by Gasteiger charge is 2.34. The Kier molecular flexibility index (Phi) is 9.86. The number of aryl methyl sites for hydroxylation is 3. The van der Waals surface area contributed by atoms with Crippen molar-refractivity contribution in [1.29, 1.82) is 0 Å². The average molecular weight is 576 g/mol. The molecular formula is C33H41N3O4S. The zero-order valence-corrected chi connectivity index (χ0v) is 25.3. The molecule has 3 aromatic carbocycles. The fourth-order valence-electron chi connectivity index (χ4n) is 5.60. The third-order valence-electron chi connectivity index (χ3n) is 7.75. The fourth-order valence-corrected chi connectivity index (χ4v) is 6.43. The molecule has 2 amide bonds. The van der Waals surface area contributed by atoms with Gasteiger partial charge in [0, 0.05) is 19.0 Å². The van der Waals surface area contributed by atoms with Crippen LogP contribution in [0.3, 0.4) is 0 Å². The van der Waals surface area contributed by atoms with Gasteiger partial charge in [0.2, 0.25) is 21.8 Å². The third-order valence-corrected chi connectivity index (χ3v) is 8.89. The summed E-state index contributed by atoms with van der Waals surface area (Å²) in [6.45, 7) is 5.54. The first-order valence-electron chi connectivity index (χ1n) is 14.3. The van der Waals surface area contributed by atoms with Crippen LogP contribution in [0.25, 0.3) is 0 Å². The summed E-state index contributed by atoms with van der Waals surface area (Å²) in [5.41, 5.74) is 5.06. The minimum atomic E-state index is -3.80. The van der Waals surface area contributed by atoms with Gasteiger partial charge in [0.1, 0.15) is 12.6 Å². The van der Waals surface area contributed by atoms with Crippen molar-refractivity contribution in [2.24, 2.45) is 0 Å². The van der Waals surface area contributed by atoms with Crippen molar-refractivity contribution in [1.82, 2.24) is 10.2 Å². The zero-order chi connectivity index (χ0) is 29.6. The fraction of sp³-hybridized carbons (Fsp3) is 0.394. The average Bonchev–Trinajstić information content (AvgIpc) is 3.42. The van der Waals surface area contributed by atoms with Crippen LogP contribution in [0, 0.1) is 20.8 Å². The van der Waals surface area contributed by atoms with E-state index in [1.165, 1.54) is 0 Å². The van der Waals surface area contributed by atoms with Crippen molar-refractivity contribution in [3.63, 3.8) is 0 Å². The molecule has 8 heteroatoms. The van der Waals surface area contributed by atoms with Gasteiger partial charge in [-0.2, -0.15) is 0 Å². The van der Waals surface area contributed by atoms with E-state index < -0.39 is 28.5 Å². The molecule has 1 saturated carbocycles. The van der Waals surface area contributed by atoms with E-state index in [4.69, 9.17) is 0 Å². The summed E-state index contributed by atoms with van der Waals surface area (Å²) in [6.07, 6.45) is 5.41. The highest BCUT2D eigenvalue weighted by molar-refractivity contribution is 7.92. The molecule has 1 aliphatic rings. The number of rotatable bonds is 11. The number of benzene rings is 3. The largest absolute Gasteiger partial charge is 0.352 e. The van der Waals surface area contributed by atoms with E-state index in [0.717, 1.165) is 64.1 Å². The SMILES string of the molecule is Cc1cc(C)cc(N(CC(=O)N(Cc2ccccc2C)[C@@H](Cc2ccccc2)C(=O)NC2CCCC2)S(C)(=O)=O)c1. The van der Waals surface area contributed by atoms with Gasteiger partial charge in [-0.1, -0.05) is 73.5 Å². The molecule has 0 heterocycles. The van der Waals surface area contributed by atoms with Gasteiger partial charge in [-0.3, -0.25) is 13.9 Å². The van der Waals surface area contributed by atoms with Gasteiger partial charge in [-0.25, -0.2) is 8.42 Å². The predicted octanol–water partition coefficient (Wildman–Crippen LogP) is 5.08. The standard InChI is InChI=1S/C33H41N3O4S/c1-24-18-25(2)20-30(19-24)36(41(4,39)40)23-32(37)35(22-28-15-9-8-12-26(28)3)31(21-27-13-6-5-7-14-27)33(38)34-29-16-10-11-17-29/h5-9,12-15,18-20,29,31H,10-11,16-17,21-23H2,1-4H3,(H,34,38)/t31-/m0/s1. The van der Waals surface area contributed by atoms with Crippen LogP contribution in [-0.2, 0) is 32.6 Å². The summed E-state index contributed by atoms with van der Waals surface area (Å²) in [5, 5.41) is 3.20. The molecule has 1 aliphatic carbocycles. The summed E-state index contributed by atoms with van der Waals surface area (Å²) in [5.74, 6) is -0.639. The van der Waals surface area contributed by atoms with E-state index in [1.807, 2.05) is 81.4 Å². The van der Waals surface area contributed by atoms with Crippen LogP contribution in [0.2, 0.25) is 0 Å². The topological polar surface area (TPSA) is 86.8 Å². The van der Waals surface area contributed by atoms with E-state index in [9.17, 15) is 18.0 Å². The van der Waals surface area contributed by atoms with Gasteiger partial charge >= 0.3 is 0 Å². The van der Waals surface area contributed by atoms with Gasteiger partial charge < -0.3 is 10.2 Å².